The summed E-state index contributed by atoms with van der Waals surface area (Å²) < 4.78 is 0. The molecule has 0 radical (unpaired) electrons. The van der Waals surface area contributed by atoms with Crippen LogP contribution in [0, 0.1) is 12.8 Å². The SMILES string of the molecule is Cc1ncsc1-c1ccc(CNC(=O)[C@@H]2C[C@@H](O)CN2C(=O)[C@@H](N)C(C)C)cc1.Cl. The molecular formula is C21H29ClN4O3S. The van der Waals surface area contributed by atoms with Gasteiger partial charge in [-0.05, 0) is 24.0 Å². The molecule has 0 bridgehead atoms. The van der Waals surface area contributed by atoms with E-state index in [1.165, 1.54) is 4.90 Å². The number of rotatable bonds is 6. The molecule has 9 heteroatoms. The lowest BCUT2D eigenvalue weighted by Crippen LogP contribution is -2.52. The van der Waals surface area contributed by atoms with E-state index in [1.54, 1.807) is 11.3 Å². The number of nitrogens with zero attached hydrogens (tertiary/aromatic N) is 2. The van der Waals surface area contributed by atoms with Gasteiger partial charge in [0.2, 0.25) is 11.8 Å². The summed E-state index contributed by atoms with van der Waals surface area (Å²) in [5.41, 5.74) is 10.8. The van der Waals surface area contributed by atoms with E-state index < -0.39 is 18.2 Å². The predicted molar refractivity (Wildman–Crippen MR) is 120 cm³/mol. The molecular weight excluding hydrogens is 424 g/mol. The van der Waals surface area contributed by atoms with E-state index in [0.29, 0.717) is 6.54 Å². The van der Waals surface area contributed by atoms with E-state index in [4.69, 9.17) is 5.73 Å². The summed E-state index contributed by atoms with van der Waals surface area (Å²) in [5.74, 6) is -0.598. The van der Waals surface area contributed by atoms with Crippen molar-refractivity contribution in [2.45, 2.75) is 51.9 Å². The van der Waals surface area contributed by atoms with E-state index in [9.17, 15) is 14.7 Å². The zero-order valence-corrected chi connectivity index (χ0v) is 19.0. The van der Waals surface area contributed by atoms with Gasteiger partial charge in [0.15, 0.2) is 0 Å². The Morgan fingerprint density at radius 3 is 2.57 bits per heavy atom. The molecule has 0 spiro atoms. The quantitative estimate of drug-likeness (QED) is 0.622. The van der Waals surface area contributed by atoms with E-state index in [2.05, 4.69) is 10.3 Å². The normalized spacial score (nSPS) is 19.5. The molecule has 1 aliphatic heterocycles. The number of amides is 2. The zero-order chi connectivity index (χ0) is 21.1. The number of hydrogen-bond donors (Lipinski definition) is 3. The summed E-state index contributed by atoms with van der Waals surface area (Å²) in [4.78, 5) is 32.1. The van der Waals surface area contributed by atoms with Crippen molar-refractivity contribution in [3.8, 4) is 10.4 Å². The molecule has 164 valence electrons. The minimum absolute atomic E-state index is 0. The minimum atomic E-state index is -0.712. The third-order valence-corrected chi connectivity index (χ3v) is 6.27. The number of aliphatic hydroxyl groups excluding tert-OH is 1. The van der Waals surface area contributed by atoms with Gasteiger partial charge in [0.1, 0.15) is 6.04 Å². The van der Waals surface area contributed by atoms with Gasteiger partial charge < -0.3 is 21.1 Å². The van der Waals surface area contributed by atoms with Crippen molar-refractivity contribution in [1.82, 2.24) is 15.2 Å². The maximum absolute atomic E-state index is 12.7. The molecule has 30 heavy (non-hydrogen) atoms. The third kappa shape index (κ3) is 5.37. The standard InChI is InChI=1S/C21H28N4O3S.ClH/c1-12(2)18(22)21(28)25-10-16(26)8-17(25)20(27)23-9-14-4-6-15(7-5-14)19-13(3)24-11-29-19;/h4-7,11-12,16-18,26H,8-10,22H2,1-3H3,(H,23,27);1H/t16-,17+,18+;/m1./s1. The highest BCUT2D eigenvalue weighted by Gasteiger charge is 2.40. The first-order chi connectivity index (χ1) is 13.8. The highest BCUT2D eigenvalue weighted by molar-refractivity contribution is 7.13. The number of thiazole rings is 1. The largest absolute Gasteiger partial charge is 0.391 e. The van der Waals surface area contributed by atoms with Gasteiger partial charge >= 0.3 is 0 Å². The number of aliphatic hydroxyl groups is 1. The fourth-order valence-corrected chi connectivity index (χ4v) is 4.25. The number of halogens is 1. The molecule has 3 rings (SSSR count). The Morgan fingerprint density at radius 1 is 1.33 bits per heavy atom. The molecule has 2 aromatic rings. The van der Waals surface area contributed by atoms with Crippen molar-refractivity contribution >= 4 is 35.6 Å². The van der Waals surface area contributed by atoms with Gasteiger partial charge in [-0.25, -0.2) is 4.98 Å². The van der Waals surface area contributed by atoms with Gasteiger partial charge in [-0.1, -0.05) is 38.1 Å². The highest BCUT2D eigenvalue weighted by atomic mass is 35.5. The fourth-order valence-electron chi connectivity index (χ4n) is 3.44. The average molecular weight is 453 g/mol. The number of nitrogens with two attached hydrogens (primary N) is 1. The first-order valence-corrected chi connectivity index (χ1v) is 10.7. The van der Waals surface area contributed by atoms with Gasteiger partial charge in [-0.3, -0.25) is 9.59 Å². The first kappa shape index (κ1) is 24.3. The topological polar surface area (TPSA) is 109 Å². The maximum atomic E-state index is 12.7. The highest BCUT2D eigenvalue weighted by Crippen LogP contribution is 2.27. The van der Waals surface area contributed by atoms with Crippen LogP contribution in [0.3, 0.4) is 0 Å². The Kier molecular flexibility index (Phi) is 8.37. The molecule has 1 saturated heterocycles. The number of aromatic nitrogens is 1. The van der Waals surface area contributed by atoms with Gasteiger partial charge in [0, 0.05) is 19.5 Å². The van der Waals surface area contributed by atoms with Crippen molar-refractivity contribution in [1.29, 1.82) is 0 Å². The summed E-state index contributed by atoms with van der Waals surface area (Å²) in [5, 5.41) is 12.9. The molecule has 1 aliphatic rings. The predicted octanol–water partition coefficient (Wildman–Crippen LogP) is 2.10. The van der Waals surface area contributed by atoms with E-state index in [-0.39, 0.29) is 43.1 Å². The average Bonchev–Trinajstić information content (AvgIpc) is 3.30. The van der Waals surface area contributed by atoms with Crippen LogP contribution < -0.4 is 11.1 Å². The number of carbonyl (C=O) groups is 2. The number of aryl methyl sites for hydroxylation is 1. The Labute approximate surface area is 187 Å². The van der Waals surface area contributed by atoms with E-state index in [1.807, 2.05) is 50.5 Å². The lowest BCUT2D eigenvalue weighted by Gasteiger charge is -2.27. The minimum Gasteiger partial charge on any atom is -0.391 e. The second-order valence-electron chi connectivity index (χ2n) is 7.85. The summed E-state index contributed by atoms with van der Waals surface area (Å²) in [6.45, 7) is 6.20. The lowest BCUT2D eigenvalue weighted by molar-refractivity contribution is -0.140. The van der Waals surface area contributed by atoms with Gasteiger partial charge in [0.05, 0.1) is 28.2 Å². The van der Waals surface area contributed by atoms with Crippen molar-refractivity contribution in [2.75, 3.05) is 6.54 Å². The molecule has 0 aliphatic carbocycles. The van der Waals surface area contributed by atoms with Crippen LogP contribution in [0.15, 0.2) is 29.8 Å². The summed E-state index contributed by atoms with van der Waals surface area (Å²) in [7, 11) is 0. The summed E-state index contributed by atoms with van der Waals surface area (Å²) in [6, 6.07) is 6.59. The lowest BCUT2D eigenvalue weighted by atomic mass is 10.0. The molecule has 4 N–H and O–H groups in total. The summed E-state index contributed by atoms with van der Waals surface area (Å²) in [6.07, 6.45) is -0.484. The fraction of sp³-hybridized carbons (Fsp3) is 0.476. The van der Waals surface area contributed by atoms with Gasteiger partial charge in [-0.2, -0.15) is 0 Å². The van der Waals surface area contributed by atoms with Crippen LogP contribution in [0.25, 0.3) is 10.4 Å². The number of carbonyl (C=O) groups excluding carboxylic acids is 2. The number of hydrogen-bond acceptors (Lipinski definition) is 6. The molecule has 7 nitrogen and oxygen atoms in total. The molecule has 1 aromatic heterocycles. The smallest absolute Gasteiger partial charge is 0.243 e. The van der Waals surface area contributed by atoms with Crippen LogP contribution in [-0.2, 0) is 16.1 Å². The third-order valence-electron chi connectivity index (χ3n) is 5.30. The zero-order valence-electron chi connectivity index (χ0n) is 17.4. The molecule has 2 amide bonds. The van der Waals surface area contributed by atoms with E-state index >= 15 is 0 Å². The second kappa shape index (κ2) is 10.3. The van der Waals surface area contributed by atoms with Crippen molar-refractivity contribution < 1.29 is 14.7 Å². The van der Waals surface area contributed by atoms with E-state index in [0.717, 1.165) is 21.7 Å². The van der Waals surface area contributed by atoms with Gasteiger partial charge in [-0.15, -0.1) is 23.7 Å². The number of β-amino-alcohol motifs (C(OH)–C–C–N with tert-alkyl or cyclic N) is 1. The van der Waals surface area contributed by atoms with Crippen molar-refractivity contribution in [2.24, 2.45) is 11.7 Å². The number of nitrogens with one attached hydrogen (secondary N) is 1. The van der Waals surface area contributed by atoms with Crippen molar-refractivity contribution in [3.63, 3.8) is 0 Å². The summed E-state index contributed by atoms with van der Waals surface area (Å²) >= 11 is 1.60. The van der Waals surface area contributed by atoms with Crippen LogP contribution in [0.1, 0.15) is 31.5 Å². The van der Waals surface area contributed by atoms with Crippen molar-refractivity contribution in [3.05, 3.63) is 41.0 Å². The Balaban J connectivity index is 0.00000320. The molecule has 0 saturated carbocycles. The molecule has 2 heterocycles. The first-order valence-electron chi connectivity index (χ1n) is 9.79. The van der Waals surface area contributed by atoms with Crippen LogP contribution in [-0.4, -0.2) is 51.5 Å². The monoisotopic (exact) mass is 452 g/mol. The van der Waals surface area contributed by atoms with Crippen LogP contribution in [0.5, 0.6) is 0 Å². The van der Waals surface area contributed by atoms with Gasteiger partial charge in [0.25, 0.3) is 0 Å². The Morgan fingerprint density at radius 2 is 2.00 bits per heavy atom. The second-order valence-corrected chi connectivity index (χ2v) is 8.70. The molecule has 0 unspecified atom stereocenters. The molecule has 3 atom stereocenters. The van der Waals surface area contributed by atoms with Crippen LogP contribution in [0.2, 0.25) is 0 Å². The molecule has 1 fully saturated rings. The number of likely N-dealkylation sites (tertiary alicyclic amines) is 1. The maximum Gasteiger partial charge on any atom is 0.243 e. The Bertz CT molecular complexity index is 871. The number of benzene rings is 1. The molecule has 1 aromatic carbocycles. The van der Waals surface area contributed by atoms with Crippen LogP contribution >= 0.6 is 23.7 Å². The van der Waals surface area contributed by atoms with Crippen LogP contribution in [0.4, 0.5) is 0 Å². The Hall–Kier alpha value is -2.00.